The molecule has 0 aliphatic rings. The van der Waals surface area contributed by atoms with Crippen LogP contribution in [0.1, 0.15) is 0 Å². The van der Waals surface area contributed by atoms with E-state index in [2.05, 4.69) is 10.6 Å². The maximum absolute atomic E-state index is 10.9. The fourth-order valence-corrected chi connectivity index (χ4v) is 0.560. The zero-order valence-electron chi connectivity index (χ0n) is 7.42. The van der Waals surface area contributed by atoms with Crippen molar-refractivity contribution < 1.29 is 4.79 Å². The highest BCUT2D eigenvalue weighted by Crippen LogP contribution is 1.74. The normalized spacial score (nSPS) is 8.75. The molecule has 0 spiro atoms. The smallest absolute Gasteiger partial charge is 0.316 e. The van der Waals surface area contributed by atoms with Crippen molar-refractivity contribution >= 4 is 6.03 Å². The van der Waals surface area contributed by atoms with E-state index >= 15 is 0 Å². The highest BCUT2D eigenvalue weighted by atomic mass is 16.2. The summed E-state index contributed by atoms with van der Waals surface area (Å²) in [4.78, 5) is 12.4. The summed E-state index contributed by atoms with van der Waals surface area (Å²) >= 11 is 0. The zero-order chi connectivity index (χ0) is 9.40. The molecule has 0 aromatic carbocycles. The number of hydrogen-bond acceptors (Lipinski definition) is 3. The first-order chi connectivity index (χ1) is 5.68. The first kappa shape index (κ1) is 10.7. The molecule has 0 aromatic rings. The maximum Gasteiger partial charge on any atom is 0.316 e. The predicted octanol–water partition coefficient (Wildman–Crippen LogP) is -0.629. The summed E-state index contributed by atoms with van der Waals surface area (Å²) in [5.41, 5.74) is 0. The van der Waals surface area contributed by atoms with Crippen molar-refractivity contribution in [1.29, 1.82) is 5.26 Å². The lowest BCUT2D eigenvalue weighted by Crippen LogP contribution is -2.38. The van der Waals surface area contributed by atoms with Gasteiger partial charge in [0.15, 0.2) is 0 Å². The summed E-state index contributed by atoms with van der Waals surface area (Å²) in [6, 6.07) is 1.83. The second-order valence-corrected chi connectivity index (χ2v) is 2.46. The van der Waals surface area contributed by atoms with Crippen molar-refractivity contribution in [3.05, 3.63) is 0 Å². The van der Waals surface area contributed by atoms with Crippen molar-refractivity contribution in [2.75, 3.05) is 33.7 Å². The van der Waals surface area contributed by atoms with E-state index in [1.54, 1.807) is 14.1 Å². The molecule has 0 rings (SSSR count). The minimum atomic E-state index is -0.117. The number of hydrogen-bond donors (Lipinski definition) is 2. The molecule has 0 unspecified atom stereocenters. The highest BCUT2D eigenvalue weighted by molar-refractivity contribution is 5.73. The number of urea groups is 1. The number of nitrogens with zero attached hydrogens (tertiary/aromatic N) is 2. The third kappa shape index (κ3) is 5.50. The Bertz CT molecular complexity index is 173. The van der Waals surface area contributed by atoms with Crippen LogP contribution in [0.2, 0.25) is 0 Å². The van der Waals surface area contributed by atoms with E-state index in [0.29, 0.717) is 19.6 Å². The van der Waals surface area contributed by atoms with Gasteiger partial charge in [0, 0.05) is 27.2 Å². The molecule has 0 aliphatic carbocycles. The molecule has 0 saturated heterocycles. The first-order valence-corrected chi connectivity index (χ1v) is 3.71. The molecule has 0 bridgehead atoms. The van der Waals surface area contributed by atoms with Crippen LogP contribution in [-0.2, 0) is 0 Å². The van der Waals surface area contributed by atoms with Crippen LogP contribution in [-0.4, -0.2) is 44.7 Å². The van der Waals surface area contributed by atoms with Crippen LogP contribution in [0.3, 0.4) is 0 Å². The van der Waals surface area contributed by atoms with E-state index in [4.69, 9.17) is 5.26 Å². The lowest BCUT2D eigenvalue weighted by atomic mass is 10.6. The van der Waals surface area contributed by atoms with Gasteiger partial charge in [-0.1, -0.05) is 0 Å². The topological polar surface area (TPSA) is 68.2 Å². The summed E-state index contributed by atoms with van der Waals surface area (Å²) in [6.45, 7) is 1.48. The van der Waals surface area contributed by atoms with Gasteiger partial charge in [0.2, 0.25) is 0 Å². The number of carbonyl (C=O) groups is 1. The predicted molar refractivity (Wildman–Crippen MR) is 45.6 cm³/mol. The largest absolute Gasteiger partial charge is 0.337 e. The monoisotopic (exact) mass is 170 g/mol. The van der Waals surface area contributed by atoms with Crippen LogP contribution in [0.25, 0.3) is 0 Å². The van der Waals surface area contributed by atoms with Crippen LogP contribution in [0.5, 0.6) is 0 Å². The Morgan fingerprint density at radius 3 is 2.67 bits per heavy atom. The molecule has 0 saturated carbocycles. The Balaban J connectivity index is 3.21. The van der Waals surface area contributed by atoms with Crippen LogP contribution >= 0.6 is 0 Å². The van der Waals surface area contributed by atoms with E-state index < -0.39 is 0 Å². The molecule has 2 N–H and O–H groups in total. The molecule has 0 aromatic heterocycles. The molecular formula is C7H14N4O. The summed E-state index contributed by atoms with van der Waals surface area (Å²) in [7, 11) is 3.36. The molecule has 0 aliphatic heterocycles. The van der Waals surface area contributed by atoms with E-state index in [9.17, 15) is 4.79 Å². The van der Waals surface area contributed by atoms with Crippen LogP contribution in [0.4, 0.5) is 4.79 Å². The molecule has 68 valence electrons. The number of carbonyl (C=O) groups excluding carboxylic acids is 1. The number of nitrogens with one attached hydrogen (secondary N) is 2. The average Bonchev–Trinajstić information content (AvgIpc) is 2.03. The number of nitriles is 1. The quantitative estimate of drug-likeness (QED) is 0.436. The van der Waals surface area contributed by atoms with Crippen molar-refractivity contribution in [1.82, 2.24) is 15.5 Å². The molecule has 5 nitrogen and oxygen atoms in total. The van der Waals surface area contributed by atoms with Gasteiger partial charge in [-0.3, -0.25) is 0 Å². The van der Waals surface area contributed by atoms with Crippen LogP contribution in [0, 0.1) is 11.3 Å². The van der Waals surface area contributed by atoms with Gasteiger partial charge >= 0.3 is 6.03 Å². The SMILES string of the molecule is CN(C)C(=O)NCCNCC#N. The van der Waals surface area contributed by atoms with Gasteiger partial charge < -0.3 is 15.5 Å². The highest BCUT2D eigenvalue weighted by Gasteiger charge is 1.99. The lowest BCUT2D eigenvalue weighted by molar-refractivity contribution is 0.217. The molecule has 12 heavy (non-hydrogen) atoms. The number of rotatable bonds is 4. The Morgan fingerprint density at radius 1 is 1.50 bits per heavy atom. The second kappa shape index (κ2) is 6.43. The van der Waals surface area contributed by atoms with Gasteiger partial charge in [-0.15, -0.1) is 0 Å². The molecule has 5 heteroatoms. The van der Waals surface area contributed by atoms with Gasteiger partial charge in [-0.2, -0.15) is 5.26 Å². The molecule has 0 heterocycles. The lowest BCUT2D eigenvalue weighted by Gasteiger charge is -2.11. The Morgan fingerprint density at radius 2 is 2.17 bits per heavy atom. The van der Waals surface area contributed by atoms with E-state index in [0.717, 1.165) is 0 Å². The summed E-state index contributed by atoms with van der Waals surface area (Å²) < 4.78 is 0. The second-order valence-electron chi connectivity index (χ2n) is 2.46. The molecule has 2 amide bonds. The third-order valence-corrected chi connectivity index (χ3v) is 1.19. The Hall–Kier alpha value is -1.28. The minimum Gasteiger partial charge on any atom is -0.337 e. The van der Waals surface area contributed by atoms with Gasteiger partial charge in [-0.05, 0) is 0 Å². The first-order valence-electron chi connectivity index (χ1n) is 3.71. The van der Waals surface area contributed by atoms with Crippen molar-refractivity contribution in [2.45, 2.75) is 0 Å². The summed E-state index contributed by atoms with van der Waals surface area (Å²) in [6.07, 6.45) is 0. The van der Waals surface area contributed by atoms with E-state index in [1.807, 2.05) is 6.07 Å². The molecule has 0 fully saturated rings. The van der Waals surface area contributed by atoms with Gasteiger partial charge in [0.05, 0.1) is 12.6 Å². The van der Waals surface area contributed by atoms with Gasteiger partial charge in [-0.25, -0.2) is 4.79 Å². The standard InChI is InChI=1S/C7H14N4O/c1-11(2)7(12)10-6-5-9-4-3-8/h9H,4-6H2,1-2H3,(H,10,12). The van der Waals surface area contributed by atoms with Crippen molar-refractivity contribution in [2.24, 2.45) is 0 Å². The number of amides is 2. The van der Waals surface area contributed by atoms with Crippen LogP contribution < -0.4 is 10.6 Å². The van der Waals surface area contributed by atoms with Crippen LogP contribution in [0.15, 0.2) is 0 Å². The van der Waals surface area contributed by atoms with Gasteiger partial charge in [0.1, 0.15) is 0 Å². The molecule has 0 atom stereocenters. The minimum absolute atomic E-state index is 0.117. The summed E-state index contributed by atoms with van der Waals surface area (Å²) in [5.74, 6) is 0. The van der Waals surface area contributed by atoms with Crippen molar-refractivity contribution in [3.63, 3.8) is 0 Å². The fraction of sp³-hybridized carbons (Fsp3) is 0.714. The zero-order valence-corrected chi connectivity index (χ0v) is 7.42. The Labute approximate surface area is 72.3 Å². The van der Waals surface area contributed by atoms with Gasteiger partial charge in [0.25, 0.3) is 0 Å². The molecule has 0 radical (unpaired) electrons. The third-order valence-electron chi connectivity index (χ3n) is 1.19. The maximum atomic E-state index is 10.9. The Kier molecular flexibility index (Phi) is 5.75. The van der Waals surface area contributed by atoms with E-state index in [-0.39, 0.29) is 6.03 Å². The summed E-state index contributed by atoms with van der Waals surface area (Å²) in [5, 5.41) is 13.6. The fourth-order valence-electron chi connectivity index (χ4n) is 0.560. The van der Waals surface area contributed by atoms with E-state index in [1.165, 1.54) is 4.90 Å². The molecular weight excluding hydrogens is 156 g/mol. The van der Waals surface area contributed by atoms with Crippen molar-refractivity contribution in [3.8, 4) is 6.07 Å². The average molecular weight is 170 g/mol.